The molecule has 0 radical (unpaired) electrons. The average Bonchev–Trinajstić information content (AvgIpc) is 2.81. The number of hydrogen-bond donors (Lipinski definition) is 3. The average molecular weight is 463 g/mol. The van der Waals surface area contributed by atoms with Crippen molar-refractivity contribution in [1.82, 2.24) is 10.3 Å². The number of aryl methyl sites for hydroxylation is 1. The third kappa shape index (κ3) is 6.23. The molecule has 170 valence electrons. The second-order valence-corrected chi connectivity index (χ2v) is 8.55. The minimum atomic E-state index is -1.05. The number of carbonyl (C=O) groups is 2. The van der Waals surface area contributed by atoms with Crippen LogP contribution in [0.25, 0.3) is 23.3 Å². The lowest BCUT2D eigenvalue weighted by molar-refractivity contribution is -0.139. The molecule has 0 saturated heterocycles. The van der Waals surface area contributed by atoms with Gasteiger partial charge in [0.2, 0.25) is 0 Å². The van der Waals surface area contributed by atoms with Gasteiger partial charge < -0.3 is 15.4 Å². The molecule has 33 heavy (non-hydrogen) atoms. The van der Waals surface area contributed by atoms with E-state index in [2.05, 4.69) is 10.3 Å². The molecule has 1 amide bonds. The summed E-state index contributed by atoms with van der Waals surface area (Å²) in [7, 11) is 0. The Bertz CT molecular complexity index is 1230. The van der Waals surface area contributed by atoms with E-state index in [9.17, 15) is 19.5 Å². The summed E-state index contributed by atoms with van der Waals surface area (Å²) in [5.41, 5.74) is 4.21. The van der Waals surface area contributed by atoms with Crippen molar-refractivity contribution in [2.45, 2.75) is 19.4 Å². The van der Waals surface area contributed by atoms with E-state index >= 15 is 0 Å². The molecule has 1 heterocycles. The molecule has 0 aliphatic carbocycles. The summed E-state index contributed by atoms with van der Waals surface area (Å²) in [6, 6.07) is 13.6. The van der Waals surface area contributed by atoms with Crippen molar-refractivity contribution in [3.8, 4) is 11.1 Å². The van der Waals surface area contributed by atoms with Gasteiger partial charge in [-0.3, -0.25) is 9.59 Å². The highest BCUT2D eigenvalue weighted by Crippen LogP contribution is 2.29. The molecule has 3 rings (SSSR count). The van der Waals surface area contributed by atoms with Gasteiger partial charge in [0.15, 0.2) is 5.43 Å². The van der Waals surface area contributed by atoms with Crippen molar-refractivity contribution in [2.24, 2.45) is 0 Å². The Morgan fingerprint density at radius 1 is 1.12 bits per heavy atom. The zero-order chi connectivity index (χ0) is 23.8. The van der Waals surface area contributed by atoms with E-state index in [1.807, 2.05) is 49.6 Å². The Balaban J connectivity index is 2.00. The lowest BCUT2D eigenvalue weighted by atomic mass is 9.93. The lowest BCUT2D eigenvalue weighted by Gasteiger charge is -2.17. The van der Waals surface area contributed by atoms with Gasteiger partial charge in [0.05, 0.1) is 0 Å². The lowest BCUT2D eigenvalue weighted by Crippen LogP contribution is -2.41. The molecule has 0 spiro atoms. The third-order valence-electron chi connectivity index (χ3n) is 5.25. The number of aromatic amines is 1. The highest BCUT2D eigenvalue weighted by molar-refractivity contribution is 7.98. The van der Waals surface area contributed by atoms with Crippen molar-refractivity contribution >= 4 is 35.8 Å². The van der Waals surface area contributed by atoms with E-state index in [4.69, 9.17) is 0 Å². The SMILES string of the molecule is CSCCC(NC(=O)c1ccc(/C=C/c2c[nH]ccc2=O)cc1-c1ccccc1C)C(=O)O. The number of rotatable bonds is 9. The molecule has 1 atom stereocenters. The summed E-state index contributed by atoms with van der Waals surface area (Å²) in [5, 5.41) is 12.2. The summed E-state index contributed by atoms with van der Waals surface area (Å²) in [6.07, 6.45) is 8.97. The fourth-order valence-electron chi connectivity index (χ4n) is 3.44. The maximum absolute atomic E-state index is 13.1. The Hall–Kier alpha value is -3.58. The Labute approximate surface area is 196 Å². The molecule has 2 aromatic carbocycles. The zero-order valence-corrected chi connectivity index (χ0v) is 19.3. The zero-order valence-electron chi connectivity index (χ0n) is 18.5. The van der Waals surface area contributed by atoms with Crippen molar-refractivity contribution in [3.63, 3.8) is 0 Å². The van der Waals surface area contributed by atoms with E-state index in [-0.39, 0.29) is 5.43 Å². The Morgan fingerprint density at radius 3 is 2.61 bits per heavy atom. The number of pyridine rings is 1. The second-order valence-electron chi connectivity index (χ2n) is 7.56. The number of hydrogen-bond acceptors (Lipinski definition) is 4. The molecule has 0 aliphatic rings. The van der Waals surface area contributed by atoms with E-state index in [1.54, 1.807) is 30.6 Å². The largest absolute Gasteiger partial charge is 0.480 e. The van der Waals surface area contributed by atoms with Gasteiger partial charge in [-0.25, -0.2) is 4.79 Å². The first-order chi connectivity index (χ1) is 15.9. The van der Waals surface area contributed by atoms with Crippen LogP contribution in [-0.4, -0.2) is 40.0 Å². The maximum Gasteiger partial charge on any atom is 0.326 e. The summed E-state index contributed by atoms with van der Waals surface area (Å²) in [5.74, 6) is -0.858. The van der Waals surface area contributed by atoms with Crippen molar-refractivity contribution in [3.05, 3.63) is 93.4 Å². The second kappa shape index (κ2) is 11.3. The van der Waals surface area contributed by atoms with E-state index in [0.29, 0.717) is 28.9 Å². The molecule has 3 aromatic rings. The first-order valence-corrected chi connectivity index (χ1v) is 11.9. The van der Waals surface area contributed by atoms with Gasteiger partial charge in [0.25, 0.3) is 5.91 Å². The van der Waals surface area contributed by atoms with Crippen LogP contribution in [0.3, 0.4) is 0 Å². The summed E-state index contributed by atoms with van der Waals surface area (Å²) in [4.78, 5) is 39.6. The predicted molar refractivity (Wildman–Crippen MR) is 134 cm³/mol. The number of nitrogens with one attached hydrogen (secondary N) is 2. The van der Waals surface area contributed by atoms with Crippen LogP contribution in [0.1, 0.15) is 33.5 Å². The molecule has 1 aromatic heterocycles. The normalized spacial score (nSPS) is 11.9. The number of carboxylic acid groups (broad SMARTS) is 1. The molecule has 1 unspecified atom stereocenters. The smallest absolute Gasteiger partial charge is 0.326 e. The molecule has 0 aliphatic heterocycles. The first-order valence-electron chi connectivity index (χ1n) is 10.5. The van der Waals surface area contributed by atoms with Crippen LogP contribution in [0.2, 0.25) is 0 Å². The minimum Gasteiger partial charge on any atom is -0.480 e. The maximum atomic E-state index is 13.1. The van der Waals surface area contributed by atoms with Gasteiger partial charge in [-0.05, 0) is 65.8 Å². The van der Waals surface area contributed by atoms with Gasteiger partial charge in [-0.1, -0.05) is 36.4 Å². The number of aromatic nitrogens is 1. The molecule has 6 nitrogen and oxygen atoms in total. The minimum absolute atomic E-state index is 0.0925. The molecule has 0 fully saturated rings. The molecular weight excluding hydrogens is 436 g/mol. The molecule has 0 saturated carbocycles. The number of thioether (sulfide) groups is 1. The quantitative estimate of drug-likeness (QED) is 0.436. The van der Waals surface area contributed by atoms with Crippen molar-refractivity contribution < 1.29 is 14.7 Å². The van der Waals surface area contributed by atoms with Crippen LogP contribution in [-0.2, 0) is 4.79 Å². The fraction of sp³-hybridized carbons (Fsp3) is 0.192. The Morgan fingerprint density at radius 2 is 1.91 bits per heavy atom. The summed E-state index contributed by atoms with van der Waals surface area (Å²) < 4.78 is 0. The van der Waals surface area contributed by atoms with Gasteiger partial charge in [-0.2, -0.15) is 11.8 Å². The molecule has 3 N–H and O–H groups in total. The highest BCUT2D eigenvalue weighted by Gasteiger charge is 2.22. The number of benzene rings is 2. The van der Waals surface area contributed by atoms with E-state index < -0.39 is 17.9 Å². The topological polar surface area (TPSA) is 99.3 Å². The van der Waals surface area contributed by atoms with Crippen molar-refractivity contribution in [2.75, 3.05) is 12.0 Å². The van der Waals surface area contributed by atoms with Gasteiger partial charge in [0.1, 0.15) is 6.04 Å². The molecule has 0 bridgehead atoms. The number of amides is 1. The standard InChI is InChI=1S/C26H26N2O4S/c1-17-5-3-4-6-20(17)22-15-18(7-9-19-16-27-13-11-24(19)29)8-10-21(22)25(30)28-23(26(31)32)12-14-33-2/h3-11,13,15-16,23H,12,14H2,1-2H3,(H,27,29)(H,28,30)(H,31,32)/b9-7+. The van der Waals surface area contributed by atoms with Crippen LogP contribution >= 0.6 is 11.8 Å². The Kier molecular flexibility index (Phi) is 8.27. The third-order valence-corrected chi connectivity index (χ3v) is 5.89. The first kappa shape index (κ1) is 24.1. The van der Waals surface area contributed by atoms with Gasteiger partial charge in [0, 0.05) is 29.6 Å². The van der Waals surface area contributed by atoms with Crippen LogP contribution in [0, 0.1) is 6.92 Å². The fourth-order valence-corrected chi connectivity index (χ4v) is 3.91. The monoisotopic (exact) mass is 462 g/mol. The van der Waals surface area contributed by atoms with E-state index in [0.717, 1.165) is 16.7 Å². The number of carbonyl (C=O) groups excluding carboxylic acids is 1. The van der Waals surface area contributed by atoms with Crippen LogP contribution in [0.15, 0.2) is 65.7 Å². The van der Waals surface area contributed by atoms with Crippen LogP contribution in [0.4, 0.5) is 0 Å². The highest BCUT2D eigenvalue weighted by atomic mass is 32.2. The number of aliphatic carboxylic acids is 1. The number of H-pyrrole nitrogens is 1. The van der Waals surface area contributed by atoms with E-state index in [1.165, 1.54) is 17.8 Å². The predicted octanol–water partition coefficient (Wildman–Crippen LogP) is 4.46. The van der Waals surface area contributed by atoms with Gasteiger partial charge >= 0.3 is 5.97 Å². The summed E-state index contributed by atoms with van der Waals surface area (Å²) in [6.45, 7) is 1.96. The van der Waals surface area contributed by atoms with Crippen LogP contribution in [0.5, 0.6) is 0 Å². The number of carboxylic acids is 1. The molecule has 7 heteroatoms. The molecular formula is C26H26N2O4S. The van der Waals surface area contributed by atoms with Crippen LogP contribution < -0.4 is 10.7 Å². The van der Waals surface area contributed by atoms with Gasteiger partial charge in [-0.15, -0.1) is 0 Å². The van der Waals surface area contributed by atoms with Crippen molar-refractivity contribution in [1.29, 1.82) is 0 Å². The summed E-state index contributed by atoms with van der Waals surface area (Å²) >= 11 is 1.53.